The SMILES string of the molecule is OC1CC2CCC(C1)N2CC1OCCc2ccccc21. The summed E-state index contributed by atoms with van der Waals surface area (Å²) < 4.78 is 6.05. The topological polar surface area (TPSA) is 32.7 Å². The van der Waals surface area contributed by atoms with E-state index in [2.05, 4.69) is 29.2 Å². The first kappa shape index (κ1) is 12.8. The number of nitrogens with zero attached hydrogens (tertiary/aromatic N) is 1. The molecule has 1 N–H and O–H groups in total. The summed E-state index contributed by atoms with van der Waals surface area (Å²) in [5.74, 6) is 0. The number of hydrogen-bond donors (Lipinski definition) is 1. The average Bonchev–Trinajstić information content (AvgIpc) is 2.70. The number of aliphatic hydroxyl groups excluding tert-OH is 1. The van der Waals surface area contributed by atoms with Crippen LogP contribution in [-0.4, -0.2) is 41.3 Å². The Labute approximate surface area is 120 Å². The number of benzene rings is 1. The summed E-state index contributed by atoms with van der Waals surface area (Å²) in [6.07, 6.45) is 5.57. The largest absolute Gasteiger partial charge is 0.393 e. The maximum Gasteiger partial charge on any atom is 0.0954 e. The molecule has 2 bridgehead atoms. The smallest absolute Gasteiger partial charge is 0.0954 e. The Morgan fingerprint density at radius 2 is 1.90 bits per heavy atom. The first-order chi connectivity index (χ1) is 9.81. The second-order valence-corrected chi connectivity index (χ2v) is 6.52. The second kappa shape index (κ2) is 5.14. The van der Waals surface area contributed by atoms with Crippen molar-refractivity contribution >= 4 is 0 Å². The number of rotatable bonds is 2. The Bertz CT molecular complexity index is 476. The Morgan fingerprint density at radius 1 is 1.15 bits per heavy atom. The van der Waals surface area contributed by atoms with Gasteiger partial charge >= 0.3 is 0 Å². The van der Waals surface area contributed by atoms with Gasteiger partial charge in [-0.05, 0) is 43.2 Å². The predicted molar refractivity (Wildman–Crippen MR) is 77.6 cm³/mol. The van der Waals surface area contributed by atoms with Crippen LogP contribution in [0.25, 0.3) is 0 Å². The molecule has 1 aromatic rings. The van der Waals surface area contributed by atoms with Crippen molar-refractivity contribution in [2.24, 2.45) is 0 Å². The monoisotopic (exact) mass is 273 g/mol. The lowest BCUT2D eigenvalue weighted by Gasteiger charge is -2.40. The molecule has 3 aliphatic heterocycles. The van der Waals surface area contributed by atoms with E-state index in [1.807, 2.05) is 0 Å². The molecule has 0 radical (unpaired) electrons. The average molecular weight is 273 g/mol. The molecule has 108 valence electrons. The lowest BCUT2D eigenvalue weighted by molar-refractivity contribution is -0.0250. The first-order valence-electron chi connectivity index (χ1n) is 7.94. The maximum absolute atomic E-state index is 9.91. The van der Waals surface area contributed by atoms with E-state index in [0.717, 1.165) is 32.4 Å². The van der Waals surface area contributed by atoms with Crippen molar-refractivity contribution < 1.29 is 9.84 Å². The highest BCUT2D eigenvalue weighted by Crippen LogP contribution is 2.38. The summed E-state index contributed by atoms with van der Waals surface area (Å²) in [7, 11) is 0. The van der Waals surface area contributed by atoms with Crippen LogP contribution in [0.1, 0.15) is 42.9 Å². The Balaban J connectivity index is 1.53. The van der Waals surface area contributed by atoms with Crippen molar-refractivity contribution in [3.05, 3.63) is 35.4 Å². The molecule has 0 aromatic heterocycles. The van der Waals surface area contributed by atoms with Gasteiger partial charge < -0.3 is 9.84 Å². The third-order valence-corrected chi connectivity index (χ3v) is 5.33. The van der Waals surface area contributed by atoms with Crippen LogP contribution in [0.15, 0.2) is 24.3 Å². The van der Waals surface area contributed by atoms with Crippen molar-refractivity contribution in [1.82, 2.24) is 4.90 Å². The number of hydrogen-bond acceptors (Lipinski definition) is 3. The fraction of sp³-hybridized carbons (Fsp3) is 0.647. The van der Waals surface area contributed by atoms with Crippen LogP contribution in [0.3, 0.4) is 0 Å². The zero-order valence-electron chi connectivity index (χ0n) is 11.9. The minimum absolute atomic E-state index is 0.0803. The second-order valence-electron chi connectivity index (χ2n) is 6.52. The van der Waals surface area contributed by atoms with E-state index in [1.54, 1.807) is 0 Å². The molecule has 1 aromatic carbocycles. The van der Waals surface area contributed by atoms with Gasteiger partial charge in [0.15, 0.2) is 0 Å². The third-order valence-electron chi connectivity index (χ3n) is 5.33. The highest BCUT2D eigenvalue weighted by molar-refractivity contribution is 5.31. The van der Waals surface area contributed by atoms with Crippen molar-refractivity contribution in [2.45, 2.75) is 56.4 Å². The van der Waals surface area contributed by atoms with Gasteiger partial charge in [-0.25, -0.2) is 0 Å². The molecule has 0 saturated carbocycles. The van der Waals surface area contributed by atoms with Gasteiger partial charge in [0.2, 0.25) is 0 Å². The molecule has 0 aliphatic carbocycles. The molecule has 3 nitrogen and oxygen atoms in total. The Morgan fingerprint density at radius 3 is 2.70 bits per heavy atom. The van der Waals surface area contributed by atoms with E-state index in [4.69, 9.17) is 4.74 Å². The lowest BCUT2D eigenvalue weighted by Crippen LogP contribution is -2.47. The summed E-state index contributed by atoms with van der Waals surface area (Å²) in [5.41, 5.74) is 2.83. The van der Waals surface area contributed by atoms with E-state index >= 15 is 0 Å². The quantitative estimate of drug-likeness (QED) is 0.897. The van der Waals surface area contributed by atoms with Crippen LogP contribution in [0.4, 0.5) is 0 Å². The van der Waals surface area contributed by atoms with Gasteiger partial charge in [0, 0.05) is 18.6 Å². The van der Waals surface area contributed by atoms with Gasteiger partial charge in [0.1, 0.15) is 0 Å². The molecule has 3 unspecified atom stereocenters. The van der Waals surface area contributed by atoms with Crippen molar-refractivity contribution in [1.29, 1.82) is 0 Å². The molecule has 2 saturated heterocycles. The van der Waals surface area contributed by atoms with Crippen LogP contribution in [0.5, 0.6) is 0 Å². The Kier molecular flexibility index (Phi) is 3.29. The lowest BCUT2D eigenvalue weighted by atomic mass is 9.95. The van der Waals surface area contributed by atoms with Crippen molar-refractivity contribution in [3.8, 4) is 0 Å². The molecule has 0 spiro atoms. The number of piperidine rings is 1. The van der Waals surface area contributed by atoms with Crippen LogP contribution in [0, 0.1) is 0 Å². The van der Waals surface area contributed by atoms with Gasteiger partial charge in [-0.2, -0.15) is 0 Å². The molecular weight excluding hydrogens is 250 g/mol. The number of fused-ring (bicyclic) bond motifs is 3. The number of ether oxygens (including phenoxy) is 1. The normalized spacial score (nSPS) is 36.9. The van der Waals surface area contributed by atoms with Gasteiger partial charge in [-0.3, -0.25) is 4.90 Å². The minimum Gasteiger partial charge on any atom is -0.393 e. The summed E-state index contributed by atoms with van der Waals surface area (Å²) in [6, 6.07) is 9.85. The van der Waals surface area contributed by atoms with Crippen LogP contribution in [-0.2, 0) is 11.2 Å². The summed E-state index contributed by atoms with van der Waals surface area (Å²) >= 11 is 0. The van der Waals surface area contributed by atoms with E-state index in [1.165, 1.54) is 24.0 Å². The molecule has 4 rings (SSSR count). The van der Waals surface area contributed by atoms with Gasteiger partial charge in [-0.1, -0.05) is 24.3 Å². The van der Waals surface area contributed by atoms with E-state index in [0.29, 0.717) is 12.1 Å². The van der Waals surface area contributed by atoms with Crippen LogP contribution >= 0.6 is 0 Å². The van der Waals surface area contributed by atoms with E-state index < -0.39 is 0 Å². The van der Waals surface area contributed by atoms with Crippen molar-refractivity contribution in [2.75, 3.05) is 13.2 Å². The Hall–Kier alpha value is -0.900. The van der Waals surface area contributed by atoms with Gasteiger partial charge in [0.05, 0.1) is 18.8 Å². The van der Waals surface area contributed by atoms with Crippen LogP contribution < -0.4 is 0 Å². The summed E-state index contributed by atoms with van der Waals surface area (Å²) in [4.78, 5) is 2.61. The van der Waals surface area contributed by atoms with Crippen molar-refractivity contribution in [3.63, 3.8) is 0 Å². The summed E-state index contributed by atoms with van der Waals surface area (Å²) in [5, 5.41) is 9.91. The number of aliphatic hydroxyl groups is 1. The molecular formula is C17H23NO2. The molecule has 2 fully saturated rings. The summed E-state index contributed by atoms with van der Waals surface area (Å²) in [6.45, 7) is 1.84. The minimum atomic E-state index is -0.0803. The van der Waals surface area contributed by atoms with Gasteiger partial charge in [0.25, 0.3) is 0 Å². The molecule has 3 atom stereocenters. The molecule has 3 heteroatoms. The zero-order valence-corrected chi connectivity index (χ0v) is 11.9. The standard InChI is InChI=1S/C17H23NO2/c19-15-9-13-5-6-14(10-15)18(13)11-17-16-4-2-1-3-12(16)7-8-20-17/h1-4,13-15,17,19H,5-11H2. The highest BCUT2D eigenvalue weighted by Gasteiger charge is 2.41. The maximum atomic E-state index is 9.91. The molecule has 3 aliphatic rings. The molecule has 0 amide bonds. The zero-order chi connectivity index (χ0) is 13.5. The van der Waals surface area contributed by atoms with E-state index in [-0.39, 0.29) is 12.2 Å². The fourth-order valence-electron chi connectivity index (χ4n) is 4.36. The fourth-order valence-corrected chi connectivity index (χ4v) is 4.36. The van der Waals surface area contributed by atoms with Crippen LogP contribution in [0.2, 0.25) is 0 Å². The molecule has 3 heterocycles. The first-order valence-corrected chi connectivity index (χ1v) is 7.94. The third kappa shape index (κ3) is 2.18. The van der Waals surface area contributed by atoms with Gasteiger partial charge in [-0.15, -0.1) is 0 Å². The highest BCUT2D eigenvalue weighted by atomic mass is 16.5. The molecule has 20 heavy (non-hydrogen) atoms. The predicted octanol–water partition coefficient (Wildman–Crippen LogP) is 2.29. The van der Waals surface area contributed by atoms with E-state index in [9.17, 15) is 5.11 Å².